The molecule has 0 saturated carbocycles. The fourth-order valence-electron chi connectivity index (χ4n) is 5.16. The number of unbranched alkanes of at least 4 members (excludes halogenated alkanes) is 1. The first-order valence-electron chi connectivity index (χ1n) is 14.0. The third-order valence-corrected chi connectivity index (χ3v) is 7.56. The van der Waals surface area contributed by atoms with E-state index < -0.39 is 21.7 Å². The third kappa shape index (κ3) is 12.4. The maximum atomic E-state index is 12.7. The van der Waals surface area contributed by atoms with Crippen LogP contribution in [0, 0.1) is 0 Å². The van der Waals surface area contributed by atoms with Gasteiger partial charge in [0.1, 0.15) is 24.1 Å². The van der Waals surface area contributed by atoms with Crippen molar-refractivity contribution >= 4 is 22.1 Å². The molecule has 0 unspecified atom stereocenters. The number of esters is 1. The Morgan fingerprint density at radius 3 is 1.98 bits per heavy atom. The molecule has 14 heteroatoms. The zero-order chi connectivity index (χ0) is 32.0. The van der Waals surface area contributed by atoms with Crippen molar-refractivity contribution in [1.29, 1.82) is 0 Å². The SMILES string of the molecule is C[n+]1ccn(CCCCC(=O)O[C@H]2CN[C@H](C(O[Si](C)(C)C)(c3ccccc3)c3ccccc3)C2)c1.F[P-](F)(F)(F)(F)F. The fraction of sp³-hybridized carbons (Fsp3) is 0.448. The first-order valence-corrected chi connectivity index (χ1v) is 19.5. The van der Waals surface area contributed by atoms with Crippen LogP contribution in [0.5, 0.6) is 0 Å². The van der Waals surface area contributed by atoms with Crippen LogP contribution < -0.4 is 9.88 Å². The van der Waals surface area contributed by atoms with E-state index in [0.29, 0.717) is 19.4 Å². The number of aryl methyl sites for hydroxylation is 2. The number of ether oxygens (including phenoxy) is 1. The number of benzene rings is 2. The number of aromatic nitrogens is 2. The van der Waals surface area contributed by atoms with Gasteiger partial charge in [0, 0.05) is 25.4 Å². The van der Waals surface area contributed by atoms with Gasteiger partial charge in [-0.1, -0.05) is 60.7 Å². The van der Waals surface area contributed by atoms with Crippen LogP contribution in [0.3, 0.4) is 0 Å². The summed E-state index contributed by atoms with van der Waals surface area (Å²) in [5.74, 6) is -0.114. The number of imidazole rings is 1. The summed E-state index contributed by atoms with van der Waals surface area (Å²) in [7, 11) is -10.6. The Kier molecular flexibility index (Phi) is 10.3. The average Bonchev–Trinajstić information content (AvgIpc) is 3.53. The van der Waals surface area contributed by atoms with Gasteiger partial charge in [0.05, 0.1) is 13.6 Å². The zero-order valence-electron chi connectivity index (χ0n) is 24.7. The van der Waals surface area contributed by atoms with Gasteiger partial charge in [0.25, 0.3) is 0 Å². The van der Waals surface area contributed by atoms with Gasteiger partial charge in [0.15, 0.2) is 8.32 Å². The van der Waals surface area contributed by atoms with Crippen molar-refractivity contribution in [2.45, 2.75) is 69.6 Å². The van der Waals surface area contributed by atoms with E-state index in [2.05, 4.69) is 90.6 Å². The summed E-state index contributed by atoms with van der Waals surface area (Å²) >= 11 is 0. The number of rotatable bonds is 11. The minimum atomic E-state index is -10.7. The van der Waals surface area contributed by atoms with Gasteiger partial charge < -0.3 is 14.5 Å². The Balaban J connectivity index is 0.000000646. The Labute approximate surface area is 249 Å². The molecule has 0 amide bonds. The summed E-state index contributed by atoms with van der Waals surface area (Å²) in [5.41, 5.74) is 1.60. The molecule has 1 aromatic heterocycles. The number of nitrogens with zero attached hydrogens (tertiary/aromatic N) is 2. The van der Waals surface area contributed by atoms with Gasteiger partial charge in [-0.15, -0.1) is 0 Å². The number of carbonyl (C=O) groups is 1. The Morgan fingerprint density at radius 1 is 0.977 bits per heavy atom. The summed E-state index contributed by atoms with van der Waals surface area (Å²) < 4.78 is 76.4. The van der Waals surface area contributed by atoms with E-state index in [0.717, 1.165) is 30.5 Å². The fourth-order valence-corrected chi connectivity index (χ4v) is 6.50. The van der Waals surface area contributed by atoms with Crippen LogP contribution in [0.25, 0.3) is 0 Å². The molecule has 240 valence electrons. The molecule has 4 rings (SSSR count). The molecule has 0 aliphatic carbocycles. The molecule has 1 fully saturated rings. The zero-order valence-corrected chi connectivity index (χ0v) is 26.6. The monoisotopic (exact) mass is 651 g/mol. The van der Waals surface area contributed by atoms with E-state index in [1.165, 1.54) is 0 Å². The van der Waals surface area contributed by atoms with Gasteiger partial charge in [-0.3, -0.25) is 4.79 Å². The average molecular weight is 652 g/mol. The molecule has 0 radical (unpaired) electrons. The molecule has 0 spiro atoms. The van der Waals surface area contributed by atoms with Crippen molar-refractivity contribution in [2.24, 2.45) is 7.05 Å². The molecule has 0 bridgehead atoms. The van der Waals surface area contributed by atoms with E-state index in [9.17, 15) is 30.0 Å². The summed E-state index contributed by atoms with van der Waals surface area (Å²) in [6.45, 7) is 8.23. The van der Waals surface area contributed by atoms with E-state index in [-0.39, 0.29) is 18.1 Å². The molecule has 1 aliphatic heterocycles. The van der Waals surface area contributed by atoms with Crippen LogP contribution in [-0.2, 0) is 33.2 Å². The van der Waals surface area contributed by atoms with Crippen molar-refractivity contribution in [1.82, 2.24) is 9.88 Å². The first-order chi connectivity index (χ1) is 19.7. The molecule has 1 aliphatic rings. The molecule has 43 heavy (non-hydrogen) atoms. The van der Waals surface area contributed by atoms with Crippen molar-refractivity contribution in [2.75, 3.05) is 6.54 Å². The summed E-state index contributed by atoms with van der Waals surface area (Å²) in [6.07, 6.45) is 8.89. The van der Waals surface area contributed by atoms with Crippen LogP contribution in [0.4, 0.5) is 25.2 Å². The minimum absolute atomic E-state index is 0.0127. The molecule has 2 heterocycles. The van der Waals surface area contributed by atoms with Crippen molar-refractivity contribution < 1.29 is 43.7 Å². The van der Waals surface area contributed by atoms with Crippen LogP contribution in [0.1, 0.15) is 36.8 Å². The van der Waals surface area contributed by atoms with Gasteiger partial charge >= 0.3 is 39.0 Å². The van der Waals surface area contributed by atoms with Crippen LogP contribution in [0.2, 0.25) is 19.6 Å². The quantitative estimate of drug-likeness (QED) is 0.0572. The van der Waals surface area contributed by atoms with E-state index in [4.69, 9.17) is 9.16 Å². The number of nitrogens with one attached hydrogen (secondary N) is 1. The van der Waals surface area contributed by atoms with E-state index >= 15 is 0 Å². The standard InChI is InChI=1S/C29H40N3O3Si.F6P/c1-31-19-20-32(23-31)18-12-11-17-28(33)34-26-21-27(30-22-26)29(35-36(2,3)4,24-13-7-5-8-14-24)25-15-9-6-10-16-25;1-7(2,3,4,5)6/h5-10,13-16,19-20,23,26-27,30H,11-12,17-18,21-22H2,1-4H3;/q+1;-1/t26-,27+;/m1./s1. The molecule has 2 atom stereocenters. The van der Waals surface area contributed by atoms with Crippen molar-refractivity contribution in [3.63, 3.8) is 0 Å². The molecule has 1 saturated heterocycles. The summed E-state index contributed by atoms with van der Waals surface area (Å²) in [6, 6.07) is 21.0. The van der Waals surface area contributed by atoms with Crippen molar-refractivity contribution in [3.8, 4) is 0 Å². The van der Waals surface area contributed by atoms with Gasteiger partial charge in [-0.05, 0) is 43.6 Å². The topological polar surface area (TPSA) is 56.4 Å². The number of hydrogen-bond donors (Lipinski definition) is 1. The third-order valence-electron chi connectivity index (χ3n) is 6.62. The predicted octanol–water partition coefficient (Wildman–Crippen LogP) is 7.93. The number of halogens is 6. The molecule has 6 nitrogen and oxygen atoms in total. The van der Waals surface area contributed by atoms with Gasteiger partial charge in [0.2, 0.25) is 6.33 Å². The molecular formula is C29H40F6N3O3PSi. The van der Waals surface area contributed by atoms with Crippen LogP contribution in [-0.4, -0.2) is 37.5 Å². The second-order valence-corrected chi connectivity index (χ2v) is 18.1. The summed E-state index contributed by atoms with van der Waals surface area (Å²) in [5, 5.41) is 3.68. The van der Waals surface area contributed by atoms with Crippen LogP contribution in [0.15, 0.2) is 79.4 Å². The number of carbonyl (C=O) groups excluding carboxylic acids is 1. The van der Waals surface area contributed by atoms with Crippen LogP contribution >= 0.6 is 7.81 Å². The molecule has 2 aromatic carbocycles. The Morgan fingerprint density at radius 2 is 1.51 bits per heavy atom. The molecule has 3 aromatic rings. The van der Waals surface area contributed by atoms with E-state index in [1.807, 2.05) is 29.9 Å². The normalized spacial score (nSPS) is 19.1. The predicted molar refractivity (Wildman–Crippen MR) is 157 cm³/mol. The summed E-state index contributed by atoms with van der Waals surface area (Å²) in [4.78, 5) is 12.7. The van der Waals surface area contributed by atoms with Gasteiger partial charge in [-0.2, -0.15) is 0 Å². The second-order valence-electron chi connectivity index (χ2n) is 11.7. The maximum absolute atomic E-state index is 12.7. The second kappa shape index (κ2) is 12.7. The van der Waals surface area contributed by atoms with Gasteiger partial charge in [-0.25, -0.2) is 9.13 Å². The first kappa shape index (κ1) is 34.8. The Bertz CT molecular complexity index is 1290. The number of hydrogen-bond acceptors (Lipinski definition) is 4. The van der Waals surface area contributed by atoms with Crippen molar-refractivity contribution in [3.05, 3.63) is 90.5 Å². The molecule has 1 N–H and O–H groups in total. The Hall–Kier alpha value is -2.73. The molecular weight excluding hydrogens is 611 g/mol. The van der Waals surface area contributed by atoms with E-state index in [1.54, 1.807) is 0 Å².